The van der Waals surface area contributed by atoms with Crippen LogP contribution in [0, 0.1) is 13.8 Å². The van der Waals surface area contributed by atoms with E-state index in [1.165, 1.54) is 6.07 Å². The van der Waals surface area contributed by atoms with Crippen LogP contribution in [-0.4, -0.2) is 19.8 Å². The van der Waals surface area contributed by atoms with Gasteiger partial charge in [-0.2, -0.15) is 8.42 Å². The molecule has 0 bridgehead atoms. The highest BCUT2D eigenvalue weighted by molar-refractivity contribution is 7.85. The lowest BCUT2D eigenvalue weighted by Gasteiger charge is -2.09. The van der Waals surface area contributed by atoms with Crippen molar-refractivity contribution in [3.8, 4) is 0 Å². The Kier molecular flexibility index (Phi) is 8.85. The highest BCUT2D eigenvalue weighted by Gasteiger charge is 2.13. The molecule has 5 N–H and O–H groups in total. The van der Waals surface area contributed by atoms with E-state index in [4.69, 9.17) is 20.8 Å². The Morgan fingerprint density at radius 3 is 1.67 bits per heavy atom. The summed E-state index contributed by atoms with van der Waals surface area (Å²) in [5.74, 6) is 0. The number of hydrogen-bond donors (Lipinski definition) is 3. The fourth-order valence-electron chi connectivity index (χ4n) is 2.48. The van der Waals surface area contributed by atoms with Gasteiger partial charge in [0, 0.05) is 12.1 Å². The molecule has 0 aliphatic rings. The first-order valence-electron chi connectivity index (χ1n) is 8.63. The minimum Gasteiger partial charge on any atom is -0.493 e. The maximum Gasteiger partial charge on any atom is 0.294 e. The Balaban J connectivity index is 0.000000287. The Morgan fingerprint density at radius 2 is 1.30 bits per heavy atom. The van der Waals surface area contributed by atoms with Gasteiger partial charge in [0.2, 0.25) is 11.4 Å². The lowest BCUT2D eigenvalue weighted by Crippen LogP contribution is -2.03. The molecule has 0 aliphatic heterocycles. The van der Waals surface area contributed by atoms with Crippen LogP contribution in [0.2, 0.25) is 0 Å². The maximum atomic E-state index is 10.8. The fraction of sp³-hybridized carbons (Fsp3) is 0.0952. The van der Waals surface area contributed by atoms with Crippen LogP contribution < -0.4 is 16.2 Å². The van der Waals surface area contributed by atoms with E-state index in [9.17, 15) is 13.9 Å². The summed E-state index contributed by atoms with van der Waals surface area (Å²) < 4.78 is 31.3. The summed E-state index contributed by atoms with van der Waals surface area (Å²) in [6, 6.07) is 19.0. The van der Waals surface area contributed by atoms with E-state index in [0.717, 1.165) is 10.3 Å². The minimum absolute atomic E-state index is 0.0116. The molecule has 0 radical (unpaired) electrons. The Morgan fingerprint density at radius 1 is 0.867 bits per heavy atom. The SMILES string of the molecule is C=O.Cc1ccc(C)c(S(=O)(=O)O)c1.[N-]=[N+](c1ccccc1N)c1ccccc1N. The first-order chi connectivity index (χ1) is 14.1. The molecule has 30 heavy (non-hydrogen) atoms. The molecule has 0 heterocycles. The summed E-state index contributed by atoms with van der Waals surface area (Å²) in [6.07, 6.45) is 0. The van der Waals surface area contributed by atoms with Gasteiger partial charge in [0.25, 0.3) is 10.1 Å². The zero-order chi connectivity index (χ0) is 22.9. The summed E-state index contributed by atoms with van der Waals surface area (Å²) in [5, 5.41) is 0. The van der Waals surface area contributed by atoms with Crippen LogP contribution in [-0.2, 0) is 14.9 Å². The molecule has 0 aliphatic carbocycles. The number of hydrogen-bond acceptors (Lipinski definition) is 5. The first kappa shape index (κ1) is 24.5. The number of nitrogens with two attached hydrogens (primary N) is 2. The van der Waals surface area contributed by atoms with E-state index in [1.807, 2.05) is 6.79 Å². The summed E-state index contributed by atoms with van der Waals surface area (Å²) in [6.45, 7) is 5.41. The first-order valence-corrected chi connectivity index (χ1v) is 10.1. The molecule has 0 amide bonds. The van der Waals surface area contributed by atoms with Crippen molar-refractivity contribution in [1.29, 1.82) is 0 Å². The molecule has 0 unspecified atom stereocenters. The molecule has 3 rings (SSSR count). The molecule has 0 saturated carbocycles. The van der Waals surface area contributed by atoms with E-state index in [2.05, 4.69) is 0 Å². The molecule has 8 nitrogen and oxygen atoms in total. The Hall–Kier alpha value is -3.56. The largest absolute Gasteiger partial charge is 0.493 e. The van der Waals surface area contributed by atoms with Gasteiger partial charge in [-0.25, -0.2) is 4.70 Å². The van der Waals surface area contributed by atoms with Gasteiger partial charge in [-0.05, 0) is 43.2 Å². The number of rotatable bonds is 3. The number of nitrogens with zero attached hydrogens (tertiary/aromatic N) is 2. The molecule has 9 heteroatoms. The third kappa shape index (κ3) is 6.50. The molecule has 0 fully saturated rings. The van der Waals surface area contributed by atoms with Gasteiger partial charge in [0.1, 0.15) is 18.2 Å². The van der Waals surface area contributed by atoms with E-state index in [1.54, 1.807) is 74.5 Å². The van der Waals surface area contributed by atoms with Crippen molar-refractivity contribution < 1.29 is 17.8 Å². The average Bonchev–Trinajstić information content (AvgIpc) is 2.71. The molecule has 3 aromatic rings. The Bertz CT molecular complexity index is 1080. The van der Waals surface area contributed by atoms with Crippen LogP contribution in [0.3, 0.4) is 0 Å². The van der Waals surface area contributed by atoms with Gasteiger partial charge < -0.3 is 21.8 Å². The van der Waals surface area contributed by atoms with E-state index in [-0.39, 0.29) is 4.90 Å². The van der Waals surface area contributed by atoms with Gasteiger partial charge in [-0.15, -0.1) is 0 Å². The molecular formula is C21H24N4O4S. The summed E-state index contributed by atoms with van der Waals surface area (Å²) in [7, 11) is -4.06. The number of carbonyl (C=O) groups is 1. The molecule has 158 valence electrons. The summed E-state index contributed by atoms with van der Waals surface area (Å²) in [5.41, 5.74) is 24.9. The lowest BCUT2D eigenvalue weighted by molar-refractivity contribution is -0.0980. The van der Waals surface area contributed by atoms with Crippen LogP contribution in [0.5, 0.6) is 0 Å². The molecule has 0 aromatic heterocycles. The van der Waals surface area contributed by atoms with Crippen LogP contribution in [0.4, 0.5) is 22.7 Å². The molecule has 3 aromatic carbocycles. The number of nitrogen functional groups attached to an aromatic ring is 2. The van der Waals surface area contributed by atoms with E-state index in [0.29, 0.717) is 28.3 Å². The van der Waals surface area contributed by atoms with Crippen molar-refractivity contribution in [2.75, 3.05) is 11.5 Å². The third-order valence-electron chi connectivity index (χ3n) is 3.95. The smallest absolute Gasteiger partial charge is 0.294 e. The third-order valence-corrected chi connectivity index (χ3v) is 4.95. The summed E-state index contributed by atoms with van der Waals surface area (Å²) in [4.78, 5) is 7.99. The number of para-hydroxylation sites is 4. The zero-order valence-electron chi connectivity index (χ0n) is 16.7. The molecule has 0 spiro atoms. The maximum absolute atomic E-state index is 10.8. The van der Waals surface area contributed by atoms with Gasteiger partial charge in [0.15, 0.2) is 0 Å². The normalized spacial score (nSPS) is 10.1. The monoisotopic (exact) mass is 428 g/mol. The van der Waals surface area contributed by atoms with Crippen molar-refractivity contribution in [3.63, 3.8) is 0 Å². The molecule has 0 saturated heterocycles. The highest BCUT2D eigenvalue weighted by Crippen LogP contribution is 2.29. The minimum atomic E-state index is -4.06. The predicted octanol–water partition coefficient (Wildman–Crippen LogP) is 4.07. The number of anilines is 2. The number of carbonyl (C=O) groups excluding carboxylic acids is 1. The fourth-order valence-corrected chi connectivity index (χ4v) is 3.29. The standard InChI is InChI=1S/C12H12N4.C8H10O3S.CH2O/c13-9-5-1-3-7-11(9)16(15)12-8-4-2-6-10(12)14;1-6-3-4-7(2)8(5-6)12(9,10)11;1-2/h1-8H,13-14H2;3-5H,1-2H3,(H,9,10,11);1H2. The molecular weight excluding hydrogens is 404 g/mol. The van der Waals surface area contributed by atoms with Crippen molar-refractivity contribution in [3.05, 3.63) is 83.4 Å². The lowest BCUT2D eigenvalue weighted by atomic mass is 10.2. The number of aryl methyl sites for hydroxylation is 2. The van der Waals surface area contributed by atoms with Crippen molar-refractivity contribution in [2.24, 2.45) is 0 Å². The van der Waals surface area contributed by atoms with Gasteiger partial charge >= 0.3 is 0 Å². The topological polar surface area (TPSA) is 149 Å². The zero-order valence-corrected chi connectivity index (χ0v) is 17.5. The van der Waals surface area contributed by atoms with Gasteiger partial charge in [-0.3, -0.25) is 4.55 Å². The second-order valence-electron chi connectivity index (χ2n) is 6.17. The van der Waals surface area contributed by atoms with Gasteiger partial charge in [0.05, 0.1) is 4.90 Å². The van der Waals surface area contributed by atoms with Crippen LogP contribution in [0.15, 0.2) is 71.6 Å². The van der Waals surface area contributed by atoms with Crippen LogP contribution in [0.25, 0.3) is 5.53 Å². The predicted molar refractivity (Wildman–Crippen MR) is 119 cm³/mol. The second-order valence-corrected chi connectivity index (χ2v) is 7.56. The second kappa shape index (κ2) is 10.8. The van der Waals surface area contributed by atoms with Crippen molar-refractivity contribution in [1.82, 2.24) is 4.70 Å². The van der Waals surface area contributed by atoms with Crippen LogP contribution >= 0.6 is 0 Å². The van der Waals surface area contributed by atoms with Crippen molar-refractivity contribution in [2.45, 2.75) is 18.7 Å². The quantitative estimate of drug-likeness (QED) is 0.248. The van der Waals surface area contributed by atoms with E-state index >= 15 is 0 Å². The number of benzene rings is 3. The molecule has 0 atom stereocenters. The Labute approximate surface area is 176 Å². The van der Waals surface area contributed by atoms with E-state index < -0.39 is 10.1 Å². The summed E-state index contributed by atoms with van der Waals surface area (Å²) >= 11 is 0. The highest BCUT2D eigenvalue weighted by atomic mass is 32.2. The van der Waals surface area contributed by atoms with Crippen LogP contribution in [0.1, 0.15) is 11.1 Å². The van der Waals surface area contributed by atoms with Gasteiger partial charge in [-0.1, -0.05) is 36.4 Å². The van der Waals surface area contributed by atoms with Crippen molar-refractivity contribution >= 4 is 39.7 Å². The average molecular weight is 429 g/mol.